The number of aliphatic hydroxyl groups excluding tert-OH is 1. The fourth-order valence-corrected chi connectivity index (χ4v) is 2.31. The van der Waals surface area contributed by atoms with Gasteiger partial charge in [-0.3, -0.25) is 0 Å². The van der Waals surface area contributed by atoms with Gasteiger partial charge in [-0.15, -0.1) is 0 Å². The number of hydrogen-bond donors (Lipinski definition) is 1. The van der Waals surface area contributed by atoms with Crippen LogP contribution >= 0.6 is 0 Å². The molecule has 0 unspecified atom stereocenters. The van der Waals surface area contributed by atoms with Crippen molar-refractivity contribution in [2.75, 3.05) is 6.26 Å². The summed E-state index contributed by atoms with van der Waals surface area (Å²) in [7, 11) is -3.24. The zero-order chi connectivity index (χ0) is 10.2. The second kappa shape index (κ2) is 3.16. The first kappa shape index (κ1) is 10.3. The predicted molar refractivity (Wildman–Crippen MR) is 50.1 cm³/mol. The van der Waals surface area contributed by atoms with Crippen molar-refractivity contribution in [3.63, 3.8) is 0 Å². The van der Waals surface area contributed by atoms with Gasteiger partial charge < -0.3 is 5.11 Å². The normalized spacial score (nSPS) is 12.0. The summed E-state index contributed by atoms with van der Waals surface area (Å²) in [6, 6.07) is 0. The third-order valence-electron chi connectivity index (χ3n) is 2.07. The Balaban J connectivity index is 3.44. The quantitative estimate of drug-likeness (QED) is 0.757. The molecule has 1 N–H and O–H groups in total. The van der Waals surface area contributed by atoms with Crippen molar-refractivity contribution >= 4 is 10.0 Å². The maximum Gasteiger partial charge on any atom is 0.235 e. The summed E-state index contributed by atoms with van der Waals surface area (Å²) in [4.78, 5) is 0. The largest absolute Gasteiger partial charge is 0.392 e. The summed E-state index contributed by atoms with van der Waals surface area (Å²) < 4.78 is 23.6. The fraction of sp³-hybridized carbons (Fsp3) is 0.500. The minimum Gasteiger partial charge on any atom is -0.392 e. The predicted octanol–water partition coefficient (Wildman–Crippen LogP) is 0.405. The Labute approximate surface area is 77.9 Å². The van der Waals surface area contributed by atoms with Crippen molar-refractivity contribution in [3.05, 3.63) is 23.0 Å². The Hall–Kier alpha value is -0.810. The number of aromatic nitrogens is 1. The van der Waals surface area contributed by atoms with Gasteiger partial charge in [0.15, 0.2) is 0 Å². The first-order valence-electron chi connectivity index (χ1n) is 3.86. The Bertz CT molecular complexity index is 417. The Kier molecular flexibility index (Phi) is 2.49. The molecule has 13 heavy (non-hydrogen) atoms. The van der Waals surface area contributed by atoms with Gasteiger partial charge in [-0.25, -0.2) is 12.4 Å². The molecule has 0 bridgehead atoms. The monoisotopic (exact) mass is 203 g/mol. The molecule has 0 amide bonds. The molecule has 1 aromatic rings. The molecule has 0 fully saturated rings. The maximum absolute atomic E-state index is 11.2. The van der Waals surface area contributed by atoms with Gasteiger partial charge in [0.1, 0.15) is 0 Å². The summed E-state index contributed by atoms with van der Waals surface area (Å²) in [6.07, 6.45) is 2.66. The molecule has 0 aromatic carbocycles. The van der Waals surface area contributed by atoms with E-state index in [9.17, 15) is 8.42 Å². The molecule has 5 heteroatoms. The first-order valence-corrected chi connectivity index (χ1v) is 5.71. The van der Waals surface area contributed by atoms with E-state index in [2.05, 4.69) is 0 Å². The number of rotatable bonds is 2. The molecule has 1 heterocycles. The van der Waals surface area contributed by atoms with Crippen molar-refractivity contribution < 1.29 is 13.5 Å². The topological polar surface area (TPSA) is 59.3 Å². The summed E-state index contributed by atoms with van der Waals surface area (Å²) >= 11 is 0. The third-order valence-corrected chi connectivity index (χ3v) is 3.16. The minimum atomic E-state index is -3.24. The van der Waals surface area contributed by atoms with Crippen LogP contribution in [-0.4, -0.2) is 23.8 Å². The van der Waals surface area contributed by atoms with Gasteiger partial charge in [0.2, 0.25) is 10.0 Å². The zero-order valence-corrected chi connectivity index (χ0v) is 8.72. The van der Waals surface area contributed by atoms with Crippen LogP contribution in [0.1, 0.15) is 16.8 Å². The molecular weight excluding hydrogens is 190 g/mol. The van der Waals surface area contributed by atoms with Gasteiger partial charge in [0.25, 0.3) is 0 Å². The number of nitrogens with zero attached hydrogens (tertiary/aromatic N) is 1. The highest BCUT2D eigenvalue weighted by Gasteiger charge is 2.14. The smallest absolute Gasteiger partial charge is 0.235 e. The van der Waals surface area contributed by atoms with Gasteiger partial charge in [0, 0.05) is 17.5 Å². The van der Waals surface area contributed by atoms with Crippen molar-refractivity contribution in [2.24, 2.45) is 0 Å². The molecule has 0 saturated heterocycles. The number of aliphatic hydroxyl groups is 1. The van der Waals surface area contributed by atoms with E-state index < -0.39 is 10.0 Å². The van der Waals surface area contributed by atoms with Crippen molar-refractivity contribution in [3.8, 4) is 0 Å². The Morgan fingerprint density at radius 2 is 2.00 bits per heavy atom. The molecule has 0 aliphatic rings. The van der Waals surface area contributed by atoms with Crippen LogP contribution in [0, 0.1) is 13.8 Å². The molecule has 1 rings (SSSR count). The lowest BCUT2D eigenvalue weighted by Crippen LogP contribution is -2.10. The first-order chi connectivity index (χ1) is 5.88. The summed E-state index contributed by atoms with van der Waals surface area (Å²) in [6.45, 7) is 3.33. The lowest BCUT2D eigenvalue weighted by molar-refractivity contribution is 0.280. The lowest BCUT2D eigenvalue weighted by atomic mass is 10.2. The van der Waals surface area contributed by atoms with Crippen LogP contribution in [0.5, 0.6) is 0 Å². The SMILES string of the molecule is Cc1cn(S(C)(=O)=O)c(C)c1CO. The van der Waals surface area contributed by atoms with Crippen LogP contribution in [-0.2, 0) is 16.6 Å². The molecule has 1 aromatic heterocycles. The van der Waals surface area contributed by atoms with Crippen LogP contribution in [0.15, 0.2) is 6.20 Å². The van der Waals surface area contributed by atoms with Crippen LogP contribution in [0.4, 0.5) is 0 Å². The molecule has 0 saturated carbocycles. The minimum absolute atomic E-state index is 0.125. The standard InChI is InChI=1S/C8H13NO3S/c1-6-4-9(13(3,11)12)7(2)8(6)5-10/h4,10H,5H2,1-3H3. The van der Waals surface area contributed by atoms with Crippen LogP contribution in [0.3, 0.4) is 0 Å². The van der Waals surface area contributed by atoms with E-state index in [-0.39, 0.29) is 6.61 Å². The summed E-state index contributed by atoms with van der Waals surface area (Å²) in [5, 5.41) is 8.97. The third kappa shape index (κ3) is 1.76. The molecule has 0 radical (unpaired) electrons. The second-order valence-electron chi connectivity index (χ2n) is 3.09. The van der Waals surface area contributed by atoms with Crippen LogP contribution in [0.25, 0.3) is 0 Å². The molecule has 4 nitrogen and oxygen atoms in total. The van der Waals surface area contributed by atoms with Crippen molar-refractivity contribution in [1.29, 1.82) is 0 Å². The van der Waals surface area contributed by atoms with Gasteiger partial charge in [-0.05, 0) is 19.4 Å². The molecule has 0 aliphatic carbocycles. The van der Waals surface area contributed by atoms with E-state index in [4.69, 9.17) is 5.11 Å². The zero-order valence-electron chi connectivity index (χ0n) is 7.90. The Morgan fingerprint density at radius 3 is 2.23 bits per heavy atom. The maximum atomic E-state index is 11.2. The van der Waals surface area contributed by atoms with Gasteiger partial charge >= 0.3 is 0 Å². The highest BCUT2D eigenvalue weighted by atomic mass is 32.2. The summed E-state index contributed by atoms with van der Waals surface area (Å²) in [5.41, 5.74) is 2.07. The van der Waals surface area contributed by atoms with Crippen molar-refractivity contribution in [1.82, 2.24) is 3.97 Å². The van der Waals surface area contributed by atoms with Crippen molar-refractivity contribution in [2.45, 2.75) is 20.5 Å². The summed E-state index contributed by atoms with van der Waals surface area (Å²) in [5.74, 6) is 0. The molecule has 0 aliphatic heterocycles. The fourth-order valence-electron chi connectivity index (χ4n) is 1.35. The van der Waals surface area contributed by atoms with Gasteiger partial charge in [0.05, 0.1) is 12.9 Å². The molecule has 0 atom stereocenters. The van der Waals surface area contributed by atoms with E-state index in [1.54, 1.807) is 13.8 Å². The Morgan fingerprint density at radius 1 is 1.46 bits per heavy atom. The van der Waals surface area contributed by atoms with E-state index in [0.717, 1.165) is 11.8 Å². The number of aryl methyl sites for hydroxylation is 1. The van der Waals surface area contributed by atoms with E-state index in [1.165, 1.54) is 10.2 Å². The van der Waals surface area contributed by atoms with Gasteiger partial charge in [-0.2, -0.15) is 0 Å². The van der Waals surface area contributed by atoms with E-state index >= 15 is 0 Å². The van der Waals surface area contributed by atoms with Crippen LogP contribution < -0.4 is 0 Å². The average molecular weight is 203 g/mol. The average Bonchev–Trinajstić information content (AvgIpc) is 2.25. The van der Waals surface area contributed by atoms with E-state index in [0.29, 0.717) is 11.3 Å². The second-order valence-corrected chi connectivity index (χ2v) is 4.95. The lowest BCUT2D eigenvalue weighted by Gasteiger charge is -2.02. The molecule has 0 spiro atoms. The van der Waals surface area contributed by atoms with E-state index in [1.807, 2.05) is 0 Å². The van der Waals surface area contributed by atoms with Crippen LogP contribution in [0.2, 0.25) is 0 Å². The molecular formula is C8H13NO3S. The number of hydrogen-bond acceptors (Lipinski definition) is 3. The highest BCUT2D eigenvalue weighted by Crippen LogP contribution is 2.17. The highest BCUT2D eigenvalue weighted by molar-refractivity contribution is 7.89. The molecule has 74 valence electrons. The van der Waals surface area contributed by atoms with Gasteiger partial charge in [-0.1, -0.05) is 0 Å².